The molecule has 0 aromatic carbocycles. The number of rotatable bonds is 3. The minimum Gasteiger partial charge on any atom is -0.478 e. The van der Waals surface area contributed by atoms with Gasteiger partial charge in [-0.15, -0.1) is 0 Å². The molecule has 0 bridgehead atoms. The second-order valence-corrected chi connectivity index (χ2v) is 4.16. The predicted molar refractivity (Wildman–Crippen MR) is 54.2 cm³/mol. The van der Waals surface area contributed by atoms with Crippen molar-refractivity contribution in [3.8, 4) is 0 Å². The van der Waals surface area contributed by atoms with Crippen LogP contribution in [-0.4, -0.2) is 37.3 Å². The molecular formula is C8H13NO5S. The van der Waals surface area contributed by atoms with Gasteiger partial charge in [0.2, 0.25) is 0 Å². The van der Waals surface area contributed by atoms with Gasteiger partial charge in [-0.25, -0.2) is 4.79 Å². The molecule has 0 atom stereocenters. The molecule has 0 saturated carbocycles. The lowest BCUT2D eigenvalue weighted by Crippen LogP contribution is -2.00. The molecule has 0 saturated heterocycles. The lowest BCUT2D eigenvalue weighted by molar-refractivity contribution is 0.0697. The molecule has 0 aliphatic heterocycles. The van der Waals surface area contributed by atoms with E-state index in [0.29, 0.717) is 5.56 Å². The van der Waals surface area contributed by atoms with Crippen LogP contribution in [0.25, 0.3) is 0 Å². The Bertz CT molecular complexity index is 381. The van der Waals surface area contributed by atoms with Gasteiger partial charge in [0.25, 0.3) is 10.1 Å². The molecule has 0 radical (unpaired) electrons. The highest BCUT2D eigenvalue weighted by Gasteiger charge is 1.98. The Balaban J connectivity index is 0.000000265. The molecule has 1 aromatic heterocycles. The molecule has 1 heterocycles. The maximum Gasteiger partial charge on any atom is 0.337 e. The highest BCUT2D eigenvalue weighted by Crippen LogP contribution is 1.93. The van der Waals surface area contributed by atoms with Gasteiger partial charge in [-0.3, -0.25) is 4.18 Å². The summed E-state index contributed by atoms with van der Waals surface area (Å²) in [5.41, 5.74) is 0.296. The highest BCUT2D eigenvalue weighted by molar-refractivity contribution is 7.85. The maximum absolute atomic E-state index is 10.0. The van der Waals surface area contributed by atoms with Crippen molar-refractivity contribution in [1.82, 2.24) is 4.98 Å². The summed E-state index contributed by atoms with van der Waals surface area (Å²) in [6.07, 6.45) is 4.03. The van der Waals surface area contributed by atoms with Crippen LogP contribution in [0, 0.1) is 0 Å². The fraction of sp³-hybridized carbons (Fsp3) is 0.375. The second-order valence-electron chi connectivity index (χ2n) is 2.52. The van der Waals surface area contributed by atoms with E-state index in [9.17, 15) is 13.2 Å². The van der Waals surface area contributed by atoms with Crippen molar-refractivity contribution in [3.63, 3.8) is 0 Å². The van der Waals surface area contributed by atoms with E-state index in [2.05, 4.69) is 9.17 Å². The Hall–Kier alpha value is -1.34. The summed E-state index contributed by atoms with van der Waals surface area (Å²) in [4.78, 5) is 12.7. The van der Waals surface area contributed by atoms with Crippen molar-refractivity contribution in [2.24, 2.45) is 0 Å². The molecule has 0 spiro atoms. The first-order valence-electron chi connectivity index (χ1n) is 4.07. The van der Waals surface area contributed by atoms with Gasteiger partial charge < -0.3 is 10.1 Å². The quantitative estimate of drug-likeness (QED) is 0.751. The third-order valence-electron chi connectivity index (χ3n) is 1.18. The number of aromatic amines is 1. The van der Waals surface area contributed by atoms with Gasteiger partial charge in [0.1, 0.15) is 0 Å². The van der Waals surface area contributed by atoms with Crippen molar-refractivity contribution in [1.29, 1.82) is 0 Å². The summed E-state index contributed by atoms with van der Waals surface area (Å²) in [5.74, 6) is -0.897. The van der Waals surface area contributed by atoms with Crippen molar-refractivity contribution >= 4 is 16.1 Å². The Morgan fingerprint density at radius 3 is 2.33 bits per heavy atom. The molecule has 0 amide bonds. The molecule has 0 aliphatic rings. The molecule has 6 nitrogen and oxygen atoms in total. The van der Waals surface area contributed by atoms with E-state index < -0.39 is 16.1 Å². The van der Waals surface area contributed by atoms with Crippen LogP contribution < -0.4 is 0 Å². The lowest BCUT2D eigenvalue weighted by atomic mass is 10.4. The zero-order valence-electron chi connectivity index (χ0n) is 8.43. The van der Waals surface area contributed by atoms with Crippen LogP contribution in [0.1, 0.15) is 17.3 Å². The smallest absolute Gasteiger partial charge is 0.337 e. The van der Waals surface area contributed by atoms with Crippen molar-refractivity contribution in [2.75, 3.05) is 12.9 Å². The molecule has 15 heavy (non-hydrogen) atoms. The van der Waals surface area contributed by atoms with Gasteiger partial charge in [-0.05, 0) is 13.0 Å². The third-order valence-corrected chi connectivity index (χ3v) is 1.84. The van der Waals surface area contributed by atoms with Gasteiger partial charge in [-0.1, -0.05) is 0 Å². The van der Waals surface area contributed by atoms with Gasteiger partial charge in [0.05, 0.1) is 18.4 Å². The minimum atomic E-state index is -3.17. The van der Waals surface area contributed by atoms with Gasteiger partial charge in [0.15, 0.2) is 0 Å². The summed E-state index contributed by atoms with van der Waals surface area (Å²) >= 11 is 0. The first-order valence-corrected chi connectivity index (χ1v) is 5.89. The topological polar surface area (TPSA) is 96.5 Å². The Morgan fingerprint density at radius 1 is 1.60 bits per heavy atom. The molecule has 7 heteroatoms. The number of H-pyrrole nitrogens is 1. The Kier molecular flexibility index (Phi) is 5.65. The standard InChI is InChI=1S/C5H5NO2.C3H8O3S/c7-5(8)4-1-2-6-3-4;1-3-6-7(2,4)5/h1-3,6H,(H,7,8);3H2,1-2H3. The summed E-state index contributed by atoms with van der Waals surface area (Å²) in [6, 6.07) is 1.50. The second kappa shape index (κ2) is 6.20. The molecular weight excluding hydrogens is 222 g/mol. The maximum atomic E-state index is 10.0. The van der Waals surface area contributed by atoms with E-state index in [1.54, 1.807) is 13.1 Å². The number of aromatic carboxylic acids is 1. The molecule has 0 aliphatic carbocycles. The average molecular weight is 235 g/mol. The van der Waals surface area contributed by atoms with E-state index in [4.69, 9.17) is 5.11 Å². The van der Waals surface area contributed by atoms with E-state index >= 15 is 0 Å². The number of carboxylic acids is 1. The van der Waals surface area contributed by atoms with Gasteiger partial charge in [0, 0.05) is 12.4 Å². The van der Waals surface area contributed by atoms with Crippen molar-refractivity contribution in [2.45, 2.75) is 6.92 Å². The third kappa shape index (κ3) is 7.71. The number of hydrogen-bond donors (Lipinski definition) is 2. The molecule has 0 unspecified atom stereocenters. The molecule has 2 N–H and O–H groups in total. The number of carbonyl (C=O) groups is 1. The SMILES string of the molecule is CCOS(C)(=O)=O.O=C(O)c1cc[nH]c1. The average Bonchev–Trinajstić information content (AvgIpc) is 2.53. The first kappa shape index (κ1) is 13.7. The van der Waals surface area contributed by atoms with Crippen LogP contribution in [0.3, 0.4) is 0 Å². The zero-order valence-corrected chi connectivity index (χ0v) is 9.24. The van der Waals surface area contributed by atoms with E-state index in [1.165, 1.54) is 12.3 Å². The van der Waals surface area contributed by atoms with Crippen LogP contribution in [0.4, 0.5) is 0 Å². The van der Waals surface area contributed by atoms with Crippen LogP contribution in [-0.2, 0) is 14.3 Å². The van der Waals surface area contributed by atoms with Crippen molar-refractivity contribution < 1.29 is 22.5 Å². The normalized spacial score (nSPS) is 10.3. The van der Waals surface area contributed by atoms with Crippen LogP contribution >= 0.6 is 0 Å². The van der Waals surface area contributed by atoms with Crippen LogP contribution in [0.2, 0.25) is 0 Å². The van der Waals surface area contributed by atoms with Gasteiger partial charge >= 0.3 is 5.97 Å². The fourth-order valence-electron chi connectivity index (χ4n) is 0.671. The molecule has 1 aromatic rings. The van der Waals surface area contributed by atoms with E-state index in [1.807, 2.05) is 0 Å². The van der Waals surface area contributed by atoms with E-state index in [-0.39, 0.29) is 6.61 Å². The molecule has 0 fully saturated rings. The minimum absolute atomic E-state index is 0.221. The zero-order chi connectivity index (χ0) is 11.9. The molecule has 86 valence electrons. The van der Waals surface area contributed by atoms with Crippen molar-refractivity contribution in [3.05, 3.63) is 24.0 Å². The summed E-state index contributed by atoms with van der Waals surface area (Å²) < 4.78 is 24.2. The molecule has 1 rings (SSSR count). The van der Waals surface area contributed by atoms with Crippen LogP contribution in [0.5, 0.6) is 0 Å². The Morgan fingerprint density at radius 2 is 2.20 bits per heavy atom. The first-order chi connectivity index (χ1) is 6.87. The Labute approximate surface area is 88.0 Å². The fourth-order valence-corrected chi connectivity index (χ4v) is 1.10. The summed E-state index contributed by atoms with van der Waals surface area (Å²) in [5, 5.41) is 8.25. The summed E-state index contributed by atoms with van der Waals surface area (Å²) in [6.45, 7) is 1.85. The number of hydrogen-bond acceptors (Lipinski definition) is 4. The van der Waals surface area contributed by atoms with Gasteiger partial charge in [-0.2, -0.15) is 8.42 Å². The largest absolute Gasteiger partial charge is 0.478 e. The lowest BCUT2D eigenvalue weighted by Gasteiger charge is -1.90. The summed E-state index contributed by atoms with van der Waals surface area (Å²) in [7, 11) is -3.17. The monoisotopic (exact) mass is 235 g/mol. The number of aromatic nitrogens is 1. The van der Waals surface area contributed by atoms with E-state index in [0.717, 1.165) is 6.26 Å². The number of carboxylic acid groups (broad SMARTS) is 1. The highest BCUT2D eigenvalue weighted by atomic mass is 32.2. The van der Waals surface area contributed by atoms with Crippen LogP contribution in [0.15, 0.2) is 18.5 Å². The predicted octanol–water partition coefficient (Wildman–Crippen LogP) is 0.695. The number of nitrogens with one attached hydrogen (secondary N) is 1.